The average Bonchev–Trinajstić information content (AvgIpc) is 3.00. The second kappa shape index (κ2) is 8.92. The lowest BCUT2D eigenvalue weighted by Crippen LogP contribution is -2.48. The quantitative estimate of drug-likeness (QED) is 0.715. The molecular formula is C18H23N3O3. The van der Waals surface area contributed by atoms with Gasteiger partial charge in [-0.15, -0.1) is 0 Å². The van der Waals surface area contributed by atoms with Crippen molar-refractivity contribution in [2.45, 2.75) is 50.6 Å². The largest absolute Gasteiger partial charge is 0.481 e. The number of rotatable bonds is 7. The van der Waals surface area contributed by atoms with Crippen LogP contribution in [0.2, 0.25) is 0 Å². The fourth-order valence-electron chi connectivity index (χ4n) is 3.10. The first-order valence-corrected chi connectivity index (χ1v) is 8.31. The molecule has 3 N–H and O–H groups in total. The van der Waals surface area contributed by atoms with Gasteiger partial charge in [0.25, 0.3) is 0 Å². The summed E-state index contributed by atoms with van der Waals surface area (Å²) in [5.41, 5.74) is 1.05. The van der Waals surface area contributed by atoms with Crippen LogP contribution in [0.3, 0.4) is 0 Å². The molecule has 1 aromatic carbocycles. The molecule has 0 saturated heterocycles. The van der Waals surface area contributed by atoms with E-state index in [1.807, 2.05) is 30.3 Å². The van der Waals surface area contributed by atoms with Crippen molar-refractivity contribution in [3.05, 3.63) is 35.9 Å². The van der Waals surface area contributed by atoms with Crippen LogP contribution in [0.5, 0.6) is 0 Å². The lowest BCUT2D eigenvalue weighted by atomic mass is 10.0. The predicted molar refractivity (Wildman–Crippen MR) is 89.2 cm³/mol. The summed E-state index contributed by atoms with van der Waals surface area (Å²) in [4.78, 5) is 23.1. The molecule has 0 aliphatic heterocycles. The number of amides is 2. The van der Waals surface area contributed by atoms with Gasteiger partial charge in [0.15, 0.2) is 0 Å². The van der Waals surface area contributed by atoms with Gasteiger partial charge in [-0.25, -0.2) is 4.79 Å². The molecule has 6 nitrogen and oxygen atoms in total. The summed E-state index contributed by atoms with van der Waals surface area (Å²) in [5, 5.41) is 23.7. The molecule has 2 rings (SSSR count). The SMILES string of the molecule is N#CC1CCCC1NC(=O)NC(CCC(=O)O)Cc1ccccc1. The Morgan fingerprint density at radius 2 is 2.04 bits per heavy atom. The first-order valence-electron chi connectivity index (χ1n) is 8.31. The van der Waals surface area contributed by atoms with Crippen LogP contribution in [0.1, 0.15) is 37.7 Å². The Labute approximate surface area is 141 Å². The number of carboxylic acid groups (broad SMARTS) is 1. The van der Waals surface area contributed by atoms with Gasteiger partial charge in [0.1, 0.15) is 0 Å². The molecular weight excluding hydrogens is 306 g/mol. The summed E-state index contributed by atoms with van der Waals surface area (Å²) in [5.74, 6) is -1.02. The summed E-state index contributed by atoms with van der Waals surface area (Å²) in [6, 6.07) is 11.2. The van der Waals surface area contributed by atoms with Crippen LogP contribution in [-0.2, 0) is 11.2 Å². The Hall–Kier alpha value is -2.55. The number of nitrogens with zero attached hydrogens (tertiary/aromatic N) is 1. The van der Waals surface area contributed by atoms with E-state index in [0.717, 1.165) is 24.8 Å². The van der Waals surface area contributed by atoms with Crippen molar-refractivity contribution >= 4 is 12.0 Å². The van der Waals surface area contributed by atoms with Crippen molar-refractivity contribution in [2.24, 2.45) is 5.92 Å². The van der Waals surface area contributed by atoms with E-state index >= 15 is 0 Å². The predicted octanol–water partition coefficient (Wildman–Crippen LogP) is 2.45. The number of nitrogens with one attached hydrogen (secondary N) is 2. The second-order valence-corrected chi connectivity index (χ2v) is 6.21. The molecule has 1 fully saturated rings. The number of benzene rings is 1. The number of nitriles is 1. The van der Waals surface area contributed by atoms with Crippen LogP contribution in [0.15, 0.2) is 30.3 Å². The van der Waals surface area contributed by atoms with E-state index in [4.69, 9.17) is 10.4 Å². The van der Waals surface area contributed by atoms with Gasteiger partial charge < -0.3 is 15.7 Å². The molecule has 3 unspecified atom stereocenters. The summed E-state index contributed by atoms with van der Waals surface area (Å²) in [7, 11) is 0. The Bertz CT molecular complexity index is 597. The van der Waals surface area contributed by atoms with Crippen LogP contribution < -0.4 is 10.6 Å². The van der Waals surface area contributed by atoms with Gasteiger partial charge in [0.05, 0.1) is 12.0 Å². The molecule has 2 amide bonds. The summed E-state index contributed by atoms with van der Waals surface area (Å²) in [6.45, 7) is 0. The summed E-state index contributed by atoms with van der Waals surface area (Å²) in [6.07, 6.45) is 3.51. The standard InChI is InChI=1S/C18H23N3O3/c19-12-14-7-4-8-16(14)21-18(24)20-15(9-10-17(22)23)11-13-5-2-1-3-6-13/h1-3,5-6,14-16H,4,7-11H2,(H,22,23)(H2,20,21,24). The smallest absolute Gasteiger partial charge is 0.315 e. The van der Waals surface area contributed by atoms with Gasteiger partial charge >= 0.3 is 12.0 Å². The number of aliphatic carboxylic acids is 1. The van der Waals surface area contributed by atoms with Gasteiger partial charge in [-0.2, -0.15) is 5.26 Å². The highest BCUT2D eigenvalue weighted by molar-refractivity contribution is 5.75. The van der Waals surface area contributed by atoms with E-state index in [1.54, 1.807) is 0 Å². The van der Waals surface area contributed by atoms with E-state index in [1.165, 1.54) is 0 Å². The number of carbonyl (C=O) groups is 2. The summed E-state index contributed by atoms with van der Waals surface area (Å²) < 4.78 is 0. The van der Waals surface area contributed by atoms with Gasteiger partial charge in [0.2, 0.25) is 0 Å². The Morgan fingerprint density at radius 1 is 1.29 bits per heavy atom. The maximum Gasteiger partial charge on any atom is 0.315 e. The molecule has 6 heteroatoms. The highest BCUT2D eigenvalue weighted by Gasteiger charge is 2.28. The molecule has 0 heterocycles. The van der Waals surface area contributed by atoms with Gasteiger partial charge in [-0.05, 0) is 37.7 Å². The third kappa shape index (κ3) is 5.58. The monoisotopic (exact) mass is 329 g/mol. The molecule has 24 heavy (non-hydrogen) atoms. The van der Waals surface area contributed by atoms with Crippen LogP contribution in [0.25, 0.3) is 0 Å². The zero-order valence-electron chi connectivity index (χ0n) is 13.6. The zero-order valence-corrected chi connectivity index (χ0v) is 13.6. The molecule has 1 aliphatic carbocycles. The first kappa shape index (κ1) is 17.8. The molecule has 1 aromatic rings. The number of hydrogen-bond donors (Lipinski definition) is 3. The Kier molecular flexibility index (Phi) is 6.62. The van der Waals surface area contributed by atoms with E-state index in [-0.39, 0.29) is 30.5 Å². The van der Waals surface area contributed by atoms with Gasteiger partial charge in [-0.1, -0.05) is 30.3 Å². The lowest BCUT2D eigenvalue weighted by molar-refractivity contribution is -0.137. The molecule has 0 aromatic heterocycles. The molecule has 1 saturated carbocycles. The summed E-state index contributed by atoms with van der Waals surface area (Å²) >= 11 is 0. The minimum absolute atomic E-state index is 0.00201. The fraction of sp³-hybridized carbons (Fsp3) is 0.500. The topological polar surface area (TPSA) is 102 Å². The minimum Gasteiger partial charge on any atom is -0.481 e. The number of urea groups is 1. The minimum atomic E-state index is -0.879. The first-order chi connectivity index (χ1) is 11.6. The van der Waals surface area contributed by atoms with Crippen LogP contribution >= 0.6 is 0 Å². The molecule has 128 valence electrons. The fourth-order valence-corrected chi connectivity index (χ4v) is 3.10. The number of carbonyl (C=O) groups excluding carboxylic acids is 1. The Balaban J connectivity index is 1.92. The third-order valence-corrected chi connectivity index (χ3v) is 4.37. The maximum atomic E-state index is 12.2. The van der Waals surface area contributed by atoms with Crippen molar-refractivity contribution in [2.75, 3.05) is 0 Å². The number of hydrogen-bond acceptors (Lipinski definition) is 3. The van der Waals surface area contributed by atoms with E-state index < -0.39 is 5.97 Å². The van der Waals surface area contributed by atoms with Crippen LogP contribution in [0, 0.1) is 17.2 Å². The van der Waals surface area contributed by atoms with Crippen LogP contribution in [-0.4, -0.2) is 29.2 Å². The van der Waals surface area contributed by atoms with Gasteiger partial charge in [-0.3, -0.25) is 4.79 Å². The van der Waals surface area contributed by atoms with E-state index in [0.29, 0.717) is 12.8 Å². The molecule has 0 radical (unpaired) electrons. The van der Waals surface area contributed by atoms with Crippen molar-refractivity contribution in [3.8, 4) is 6.07 Å². The second-order valence-electron chi connectivity index (χ2n) is 6.21. The van der Waals surface area contributed by atoms with Crippen molar-refractivity contribution in [1.29, 1.82) is 5.26 Å². The van der Waals surface area contributed by atoms with E-state index in [9.17, 15) is 9.59 Å². The molecule has 0 spiro atoms. The normalized spacial score (nSPS) is 20.8. The zero-order chi connectivity index (χ0) is 17.4. The molecule has 3 atom stereocenters. The molecule has 0 bridgehead atoms. The van der Waals surface area contributed by atoms with Crippen molar-refractivity contribution in [3.63, 3.8) is 0 Å². The third-order valence-electron chi connectivity index (χ3n) is 4.37. The molecule has 1 aliphatic rings. The Morgan fingerprint density at radius 3 is 2.71 bits per heavy atom. The average molecular weight is 329 g/mol. The lowest BCUT2D eigenvalue weighted by Gasteiger charge is -2.21. The van der Waals surface area contributed by atoms with Crippen molar-refractivity contribution < 1.29 is 14.7 Å². The number of carboxylic acids is 1. The van der Waals surface area contributed by atoms with Gasteiger partial charge in [0, 0.05) is 18.5 Å². The van der Waals surface area contributed by atoms with Crippen LogP contribution in [0.4, 0.5) is 4.79 Å². The van der Waals surface area contributed by atoms with E-state index in [2.05, 4.69) is 16.7 Å². The van der Waals surface area contributed by atoms with Crippen molar-refractivity contribution in [1.82, 2.24) is 10.6 Å². The maximum absolute atomic E-state index is 12.2. The highest BCUT2D eigenvalue weighted by atomic mass is 16.4. The highest BCUT2D eigenvalue weighted by Crippen LogP contribution is 2.24.